The second kappa shape index (κ2) is 39.7. The van der Waals surface area contributed by atoms with Gasteiger partial charge in [0.05, 0.1) is 6.10 Å². The van der Waals surface area contributed by atoms with Crippen molar-refractivity contribution in [1.29, 1.82) is 0 Å². The van der Waals surface area contributed by atoms with Crippen LogP contribution in [0.3, 0.4) is 0 Å². The summed E-state index contributed by atoms with van der Waals surface area (Å²) in [7, 11) is 0. The maximum absolute atomic E-state index is 8.83. The Labute approximate surface area is 220 Å². The first kappa shape index (κ1) is 40.6. The summed E-state index contributed by atoms with van der Waals surface area (Å²) in [5.74, 6) is 0. The van der Waals surface area contributed by atoms with E-state index in [0.29, 0.717) is 6.90 Å². The van der Waals surface area contributed by atoms with Gasteiger partial charge in [-0.2, -0.15) is 26.3 Å². The number of hydrogen-bond donors (Lipinski definition) is 1. The van der Waals surface area contributed by atoms with Crippen LogP contribution in [0.4, 0.5) is 0 Å². The molecule has 3 fully saturated rings. The third-order valence-corrected chi connectivity index (χ3v) is 4.52. The van der Waals surface area contributed by atoms with Gasteiger partial charge in [-0.15, -0.1) is 0 Å². The summed E-state index contributed by atoms with van der Waals surface area (Å²) in [6.07, 6.45) is 8.62. The van der Waals surface area contributed by atoms with Gasteiger partial charge in [-0.1, -0.05) is 58.7 Å². The summed E-state index contributed by atoms with van der Waals surface area (Å²) in [4.78, 5) is 0. The summed E-state index contributed by atoms with van der Waals surface area (Å²) in [5, 5.41) is 8.83. The minimum atomic E-state index is -0.0891. The van der Waals surface area contributed by atoms with Gasteiger partial charge in [0, 0.05) is 44.9 Å². The van der Waals surface area contributed by atoms with E-state index >= 15 is 0 Å². The van der Waals surface area contributed by atoms with Crippen molar-refractivity contribution < 1.29 is 35.5 Å². The molecule has 0 aliphatic carbocycles. The molecule has 1 N–H and O–H groups in total. The zero-order chi connectivity index (χ0) is 19.2. The molecule has 0 bridgehead atoms. The Bertz CT molecular complexity index is 209. The standard InChI is InChI=1S/C5H9IO.C5H10O2.C5H9O.C2H6.3CH4.HI.H2S.Zn/c2*6-5-1-3-7-4-2-5;1-2-4-6-5-3-1;1-2;;;;;;/h5H,1-4H2;5-6H,1-4H2;1H,2-5H2;1-2H3;3*1H4;1H;1H2;/q;;-1;;;;;;;+2/p-1/i;;;1D;;;;;;. The van der Waals surface area contributed by atoms with Gasteiger partial charge in [0.1, 0.15) is 0 Å². The Kier molecular flexibility index (Phi) is 57.6. The number of ether oxygens (including phenoxy) is 3. The second-order valence-electron chi connectivity index (χ2n) is 5.11. The zero-order valence-corrected chi connectivity index (χ0v) is 23.8. The molecule has 3 saturated heterocycles. The molecule has 0 amide bonds. The summed E-state index contributed by atoms with van der Waals surface area (Å²) in [6.45, 7) is 7.61. The molecule has 3 rings (SSSR count). The first-order chi connectivity index (χ1) is 12.2. The summed E-state index contributed by atoms with van der Waals surface area (Å²) in [6, 6.07) is 0. The van der Waals surface area contributed by atoms with Crippen molar-refractivity contribution in [3.05, 3.63) is 6.42 Å². The van der Waals surface area contributed by atoms with Crippen LogP contribution >= 0.6 is 55.8 Å². The van der Waals surface area contributed by atoms with Gasteiger partial charge in [-0.05, 0) is 25.7 Å². The predicted molar refractivity (Wildman–Crippen MR) is 144 cm³/mol. The van der Waals surface area contributed by atoms with E-state index in [-0.39, 0.29) is 41.9 Å². The molecular formula is C20H48I2O4SZn. The fraction of sp³-hybridized carbons (Fsp3) is 0.950. The number of aliphatic hydroxyl groups excluding tert-OH is 1. The Hall–Kier alpha value is 2.27. The molecule has 0 unspecified atom stereocenters. The van der Waals surface area contributed by atoms with E-state index in [9.17, 15) is 0 Å². The van der Waals surface area contributed by atoms with E-state index in [1.807, 2.05) is 0 Å². The van der Waals surface area contributed by atoms with Gasteiger partial charge in [-0.3, -0.25) is 0 Å². The molecule has 0 saturated carbocycles. The van der Waals surface area contributed by atoms with Crippen molar-refractivity contribution in [1.82, 2.24) is 0 Å². The quantitative estimate of drug-likeness (QED) is 0.132. The minimum absolute atomic E-state index is 0. The third kappa shape index (κ3) is 35.7. The van der Waals surface area contributed by atoms with E-state index < -0.39 is 0 Å². The number of rotatable bonds is 0. The normalized spacial score (nSPS) is 18.7. The first-order valence-corrected chi connectivity index (χ1v) is 18.9. The molecule has 8 heteroatoms. The van der Waals surface area contributed by atoms with Crippen LogP contribution in [0.25, 0.3) is 0 Å². The Morgan fingerprint density at radius 2 is 1.18 bits per heavy atom. The number of halogens is 2. The van der Waals surface area contributed by atoms with Crippen LogP contribution in [0.2, 0.25) is 0 Å². The van der Waals surface area contributed by atoms with Crippen LogP contribution in [0.5, 0.6) is 0 Å². The van der Waals surface area contributed by atoms with E-state index in [0.717, 1.165) is 69.2 Å². The van der Waals surface area contributed by atoms with Crippen molar-refractivity contribution in [2.24, 2.45) is 0 Å². The van der Waals surface area contributed by atoms with Gasteiger partial charge < -0.3 is 25.7 Å². The topological polar surface area (TPSA) is 47.9 Å². The number of alkyl halides is 1. The number of hydrogen-bond acceptors (Lipinski definition) is 4. The third-order valence-electron chi connectivity index (χ3n) is 3.27. The van der Waals surface area contributed by atoms with Crippen LogP contribution in [-0.2, 0) is 29.0 Å². The second-order valence-corrected chi connectivity index (χ2v) is 6.87. The van der Waals surface area contributed by atoms with Gasteiger partial charge in [0.15, 0.2) is 0 Å². The molecule has 0 spiro atoms. The van der Waals surface area contributed by atoms with Gasteiger partial charge in [0.2, 0.25) is 0 Å². The van der Waals surface area contributed by atoms with Crippen LogP contribution in [-0.4, -0.2) is 54.8 Å². The van der Waals surface area contributed by atoms with Gasteiger partial charge >= 0.3 is 34.5 Å². The van der Waals surface area contributed by atoms with Crippen molar-refractivity contribution in [2.45, 2.75) is 84.7 Å². The van der Waals surface area contributed by atoms with Gasteiger partial charge in [0.25, 0.3) is 0 Å². The van der Waals surface area contributed by atoms with E-state index in [4.69, 9.17) is 20.7 Å². The molecule has 174 valence electrons. The van der Waals surface area contributed by atoms with E-state index in [2.05, 4.69) is 48.8 Å². The molecule has 4 nitrogen and oxygen atoms in total. The Morgan fingerprint density at radius 3 is 1.32 bits per heavy atom. The molecule has 3 aliphatic heterocycles. The van der Waals surface area contributed by atoms with Crippen LogP contribution in [0, 0.1) is 6.42 Å². The average molecular weight is 705 g/mol. The Balaban J connectivity index is -0.0000000581. The zero-order valence-electron chi connectivity index (χ0n) is 16.6. The van der Waals surface area contributed by atoms with E-state index in [1.54, 1.807) is 6.92 Å². The predicted octanol–water partition coefficient (Wildman–Crippen LogP) is 6.69. The molecule has 3 aliphatic rings. The molecule has 0 aromatic rings. The van der Waals surface area contributed by atoms with Gasteiger partial charge in [-0.25, -0.2) is 0 Å². The maximum atomic E-state index is 8.83. The molecule has 28 heavy (non-hydrogen) atoms. The molecule has 0 radical (unpaired) electrons. The fourth-order valence-corrected chi connectivity index (χ4v) is 2.44. The number of aliphatic hydroxyl groups is 1. The van der Waals surface area contributed by atoms with Crippen molar-refractivity contribution >= 4 is 55.8 Å². The Morgan fingerprint density at radius 1 is 0.857 bits per heavy atom. The van der Waals surface area contributed by atoms with Crippen LogP contribution < -0.4 is 0 Å². The molecule has 0 aromatic heterocycles. The monoisotopic (exact) mass is 703 g/mol. The van der Waals surface area contributed by atoms with Crippen LogP contribution in [0.1, 0.15) is 76.0 Å². The van der Waals surface area contributed by atoms with E-state index in [1.165, 1.54) is 27.6 Å². The molecule has 0 atom stereocenters. The summed E-state index contributed by atoms with van der Waals surface area (Å²) in [5.41, 5.74) is 0. The molecular weight excluding hydrogens is 655 g/mol. The van der Waals surface area contributed by atoms with Crippen molar-refractivity contribution in [3.63, 3.8) is 0 Å². The van der Waals surface area contributed by atoms with Crippen LogP contribution in [0.15, 0.2) is 0 Å². The SMILES string of the molecule is C.C.C.IC1CCOCC1.OC1CCOCC1.S.[2H]CC.[CH-]1CCOCC1.[Zn+][I]. The van der Waals surface area contributed by atoms with Crippen molar-refractivity contribution in [2.75, 3.05) is 39.6 Å². The summed E-state index contributed by atoms with van der Waals surface area (Å²) < 4.78 is 22.2. The average Bonchev–Trinajstić information content (AvgIpc) is 2.68. The fourth-order valence-electron chi connectivity index (χ4n) is 1.93. The summed E-state index contributed by atoms with van der Waals surface area (Å²) >= 11 is 6.10. The molecule has 0 aromatic carbocycles. The molecule has 3 heterocycles. The first-order valence-electron chi connectivity index (χ1n) is 9.34. The van der Waals surface area contributed by atoms with Crippen molar-refractivity contribution in [3.8, 4) is 0 Å².